The van der Waals surface area contributed by atoms with Gasteiger partial charge < -0.3 is 32.9 Å². The summed E-state index contributed by atoms with van der Waals surface area (Å²) in [4.78, 5) is 0. The first-order valence-electron chi connectivity index (χ1n) is 0. The van der Waals surface area contributed by atoms with Gasteiger partial charge in [0.25, 0.3) is 0 Å². The maximum absolute atomic E-state index is 0. The Bertz CT molecular complexity index is 6.49. The smallest absolute Gasteiger partial charge is 0.412 e. The fourth-order valence-electron chi connectivity index (χ4n) is 0. The summed E-state index contributed by atoms with van der Waals surface area (Å²) < 4.78 is 0. The third kappa shape index (κ3) is 114. The third-order valence-corrected chi connectivity index (χ3v) is 0. The molecule has 0 atom stereocenters. The van der Waals surface area contributed by atoms with Crippen LogP contribution in [0.5, 0.6) is 0 Å². The van der Waals surface area contributed by atoms with Crippen molar-refractivity contribution in [3.05, 3.63) is 0 Å². The van der Waals surface area contributed by atoms with E-state index in [9.17, 15) is 0 Å². The second kappa shape index (κ2) is 170. The summed E-state index contributed by atoms with van der Waals surface area (Å²) in [6.45, 7) is 0. The van der Waals surface area contributed by atoms with Crippen LogP contribution in [0.2, 0.25) is 0 Å². The molecule has 0 radical (unpaired) electrons. The van der Waals surface area contributed by atoms with Crippen LogP contribution in [-0.4, -0.2) is 32.9 Å². The van der Waals surface area contributed by atoms with Crippen molar-refractivity contribution < 1.29 is 92.0 Å². The van der Waals surface area contributed by atoms with E-state index < -0.39 is 0 Å². The van der Waals surface area contributed by atoms with Crippen molar-refractivity contribution in [2.24, 2.45) is 0 Å². The monoisotopic (exact) mass is 154 g/mol. The van der Waals surface area contributed by atoms with Gasteiger partial charge in [0.2, 0.25) is 0 Å². The number of hydrogen-bond acceptors (Lipinski definition) is 0. The molecule has 0 saturated heterocycles. The maximum atomic E-state index is 0. The first-order chi connectivity index (χ1) is 0. The largest absolute Gasteiger partial charge is 1.00 e. The van der Waals surface area contributed by atoms with Crippen LogP contribution >= 0.6 is 0 Å². The summed E-state index contributed by atoms with van der Waals surface area (Å²) in [7, 11) is 0. The minimum Gasteiger partial charge on any atom is -0.412 e. The van der Waals surface area contributed by atoms with Crippen LogP contribution in [0.3, 0.4) is 0 Å². The van der Waals surface area contributed by atoms with Crippen LogP contribution in [-0.2, 0) is 0 Å². The molecule has 0 aromatic carbocycles. The molecule has 0 aromatic rings. The summed E-state index contributed by atoms with van der Waals surface area (Å²) in [6, 6.07) is 0. The zero-order valence-electron chi connectivity index (χ0n) is 5.00. The molecule has 48 valence electrons. The van der Waals surface area contributed by atoms with Gasteiger partial charge in [-0.2, -0.15) is 0 Å². The Balaban J connectivity index is 0. The van der Waals surface area contributed by atoms with Gasteiger partial charge in [-0.25, -0.2) is 0 Å². The Hall–Kier alpha value is 1.76. The minimum absolute atomic E-state index is 0. The van der Waals surface area contributed by atoms with Crippen molar-refractivity contribution in [1.82, 2.24) is 0 Å². The van der Waals surface area contributed by atoms with Crippen molar-refractivity contribution in [3.63, 3.8) is 0 Å². The zero-order chi connectivity index (χ0) is 0. The summed E-state index contributed by atoms with van der Waals surface area (Å²) in [6.07, 6.45) is 0. The van der Waals surface area contributed by atoms with Crippen molar-refractivity contribution in [2.45, 2.75) is 0 Å². The average Bonchev–Trinajstić information content (AvgIpc) is 0. The van der Waals surface area contributed by atoms with Gasteiger partial charge in [0, 0.05) is 0 Å². The summed E-state index contributed by atoms with van der Waals surface area (Å²) in [5.41, 5.74) is 0. The second-order valence-electron chi connectivity index (χ2n) is 0. The minimum atomic E-state index is 0. The molecule has 0 aliphatic carbocycles. The predicted octanol–water partition coefficient (Wildman–Crippen LogP) is -10.9. The molecule has 0 spiro atoms. The van der Waals surface area contributed by atoms with Gasteiger partial charge in [-0.1, -0.05) is 0 Å². The molecule has 0 saturated carbocycles. The van der Waals surface area contributed by atoms with Crippen LogP contribution in [0.25, 0.3) is 0 Å². The predicted molar refractivity (Wildman–Crippen MR) is 21.7 cm³/mol. The van der Waals surface area contributed by atoms with Gasteiger partial charge in [0.1, 0.15) is 0 Å². The SMILES string of the molecule is O.O.O.O.O.O.[Na+].[Na+]. The van der Waals surface area contributed by atoms with E-state index in [0.717, 1.165) is 0 Å². The Morgan fingerprint density at radius 2 is 0.250 bits per heavy atom. The standard InChI is InChI=1S/2Na.6H2O/h;;6*1H2/q2*+1;;;;;;. The van der Waals surface area contributed by atoms with Gasteiger partial charge in [0.05, 0.1) is 0 Å². The molecule has 0 aromatic heterocycles. The quantitative estimate of drug-likeness (QED) is 0.299. The Kier molecular flexibility index (Phi) is 5150. The zero-order valence-corrected chi connectivity index (χ0v) is 9.00. The second-order valence-corrected chi connectivity index (χ2v) is 0. The molecule has 0 unspecified atom stereocenters. The molecule has 0 amide bonds. The van der Waals surface area contributed by atoms with Crippen molar-refractivity contribution in [1.29, 1.82) is 0 Å². The van der Waals surface area contributed by atoms with Crippen LogP contribution in [0.4, 0.5) is 0 Å². The Morgan fingerprint density at radius 3 is 0.250 bits per heavy atom. The van der Waals surface area contributed by atoms with E-state index in [2.05, 4.69) is 0 Å². The van der Waals surface area contributed by atoms with E-state index in [4.69, 9.17) is 0 Å². The van der Waals surface area contributed by atoms with Crippen LogP contribution < -0.4 is 59.1 Å². The van der Waals surface area contributed by atoms with E-state index >= 15 is 0 Å². The van der Waals surface area contributed by atoms with E-state index in [0.29, 0.717) is 0 Å². The average molecular weight is 154 g/mol. The molecule has 8 heavy (non-hydrogen) atoms. The molecule has 6 nitrogen and oxygen atoms in total. The van der Waals surface area contributed by atoms with Crippen LogP contribution in [0.15, 0.2) is 0 Å². The third-order valence-electron chi connectivity index (χ3n) is 0. The molecule has 0 rings (SSSR count). The van der Waals surface area contributed by atoms with Gasteiger partial charge in [0.15, 0.2) is 0 Å². The molecule has 0 aliphatic rings. The summed E-state index contributed by atoms with van der Waals surface area (Å²) in [5.74, 6) is 0. The molecular weight excluding hydrogens is 142 g/mol. The summed E-state index contributed by atoms with van der Waals surface area (Å²) in [5, 5.41) is 0. The Morgan fingerprint density at radius 1 is 0.250 bits per heavy atom. The van der Waals surface area contributed by atoms with Gasteiger partial charge in [-0.3, -0.25) is 0 Å². The maximum Gasteiger partial charge on any atom is 1.00 e. The number of hydrogen-bond donors (Lipinski definition) is 0. The van der Waals surface area contributed by atoms with Crippen LogP contribution in [0, 0.1) is 0 Å². The first-order valence-corrected chi connectivity index (χ1v) is 0. The van der Waals surface area contributed by atoms with Crippen molar-refractivity contribution >= 4 is 0 Å². The molecule has 0 heterocycles. The Labute approximate surface area is 91.1 Å². The fraction of sp³-hybridized carbons (Fsp3) is 0. The van der Waals surface area contributed by atoms with E-state index in [-0.39, 0.29) is 92.0 Å². The van der Waals surface area contributed by atoms with Crippen LogP contribution in [0.1, 0.15) is 0 Å². The fourth-order valence-corrected chi connectivity index (χ4v) is 0. The topological polar surface area (TPSA) is 189 Å². The molecule has 0 bridgehead atoms. The normalized spacial score (nSPS) is 0. The van der Waals surface area contributed by atoms with E-state index in [1.54, 1.807) is 0 Å². The van der Waals surface area contributed by atoms with E-state index in [1.165, 1.54) is 0 Å². The molecular formula is H12Na2O6+2. The molecule has 12 N–H and O–H groups in total. The molecule has 0 aliphatic heterocycles. The van der Waals surface area contributed by atoms with Crippen molar-refractivity contribution in [2.75, 3.05) is 0 Å². The van der Waals surface area contributed by atoms with Gasteiger partial charge in [-0.05, 0) is 0 Å². The summed E-state index contributed by atoms with van der Waals surface area (Å²) >= 11 is 0. The van der Waals surface area contributed by atoms with Gasteiger partial charge >= 0.3 is 59.1 Å². The number of rotatable bonds is 0. The van der Waals surface area contributed by atoms with Gasteiger partial charge in [-0.15, -0.1) is 0 Å². The first kappa shape index (κ1) is 242. The van der Waals surface area contributed by atoms with Crippen molar-refractivity contribution in [3.8, 4) is 0 Å². The molecule has 8 heteroatoms. The molecule has 0 fully saturated rings. The van der Waals surface area contributed by atoms with E-state index in [1.807, 2.05) is 0 Å².